The summed E-state index contributed by atoms with van der Waals surface area (Å²) < 4.78 is 32.8. The molecule has 1 N–H and O–H groups in total. The molecule has 0 aliphatic heterocycles. The molecule has 2 aromatic rings. The molecule has 0 fully saturated rings. The number of nitrogens with one attached hydrogen (secondary N) is 1. The molecule has 0 unspecified atom stereocenters. The first-order valence-corrected chi connectivity index (χ1v) is 8.82. The Bertz CT molecular complexity index is 784. The molecule has 0 bridgehead atoms. The maximum absolute atomic E-state index is 12.5. The van der Waals surface area contributed by atoms with Gasteiger partial charge in [-0.25, -0.2) is 13.1 Å². The topological polar surface area (TPSA) is 55.4 Å². The summed E-state index contributed by atoms with van der Waals surface area (Å²) >= 11 is 0. The van der Waals surface area contributed by atoms with Gasteiger partial charge in [0.15, 0.2) is 0 Å². The minimum atomic E-state index is -3.51. The smallest absolute Gasteiger partial charge is 0.240 e. The molecule has 2 aromatic carbocycles. The lowest BCUT2D eigenvalue weighted by atomic mass is 10.1. The van der Waals surface area contributed by atoms with E-state index in [-0.39, 0.29) is 6.54 Å². The van der Waals surface area contributed by atoms with Crippen LogP contribution < -0.4 is 9.46 Å². The molecule has 22 heavy (non-hydrogen) atoms. The summed E-state index contributed by atoms with van der Waals surface area (Å²) in [5.41, 5.74) is 3.23. The zero-order valence-electron chi connectivity index (χ0n) is 12.5. The normalized spacial score (nSPS) is 13.9. The van der Waals surface area contributed by atoms with Gasteiger partial charge in [-0.2, -0.15) is 0 Å². The van der Waals surface area contributed by atoms with Gasteiger partial charge in [0.1, 0.15) is 5.75 Å². The number of fused-ring (bicyclic) bond motifs is 1. The minimum absolute atomic E-state index is 0.212. The van der Waals surface area contributed by atoms with Crippen LogP contribution in [0.15, 0.2) is 47.4 Å². The van der Waals surface area contributed by atoms with Gasteiger partial charge in [0, 0.05) is 12.1 Å². The first kappa shape index (κ1) is 15.1. The summed E-state index contributed by atoms with van der Waals surface area (Å²) in [6.45, 7) is 0.212. The van der Waals surface area contributed by atoms with Crippen molar-refractivity contribution in [3.8, 4) is 5.75 Å². The van der Waals surface area contributed by atoms with Gasteiger partial charge in [0.25, 0.3) is 0 Å². The summed E-state index contributed by atoms with van der Waals surface area (Å²) in [6, 6.07) is 12.8. The van der Waals surface area contributed by atoms with Crippen LogP contribution in [0, 0.1) is 0 Å². The molecule has 5 heteroatoms. The molecular weight excluding hydrogens is 298 g/mol. The zero-order valence-corrected chi connectivity index (χ0v) is 13.3. The molecule has 0 spiro atoms. The minimum Gasteiger partial charge on any atom is -0.496 e. The van der Waals surface area contributed by atoms with Crippen LogP contribution in [0.3, 0.4) is 0 Å². The highest BCUT2D eigenvalue weighted by Gasteiger charge is 2.18. The third-order valence-electron chi connectivity index (χ3n) is 4.03. The number of methoxy groups -OCH3 is 1. The lowest BCUT2D eigenvalue weighted by Gasteiger charge is -2.11. The van der Waals surface area contributed by atoms with Gasteiger partial charge >= 0.3 is 0 Å². The second kappa shape index (κ2) is 6.10. The van der Waals surface area contributed by atoms with Crippen molar-refractivity contribution in [2.24, 2.45) is 0 Å². The quantitative estimate of drug-likeness (QED) is 0.922. The van der Waals surface area contributed by atoms with E-state index in [4.69, 9.17) is 4.74 Å². The summed E-state index contributed by atoms with van der Waals surface area (Å²) in [7, 11) is -1.93. The number of hydrogen-bond acceptors (Lipinski definition) is 3. The van der Waals surface area contributed by atoms with Crippen LogP contribution in [0.4, 0.5) is 0 Å². The second-order valence-corrected chi connectivity index (χ2v) is 7.19. The largest absolute Gasteiger partial charge is 0.496 e. The average molecular weight is 317 g/mol. The van der Waals surface area contributed by atoms with Crippen molar-refractivity contribution < 1.29 is 13.2 Å². The van der Waals surface area contributed by atoms with Crippen molar-refractivity contribution >= 4 is 10.0 Å². The van der Waals surface area contributed by atoms with Crippen LogP contribution in [0.1, 0.15) is 23.1 Å². The van der Waals surface area contributed by atoms with Crippen LogP contribution >= 0.6 is 0 Å². The Balaban J connectivity index is 1.79. The van der Waals surface area contributed by atoms with Gasteiger partial charge in [-0.1, -0.05) is 24.3 Å². The van der Waals surface area contributed by atoms with Crippen molar-refractivity contribution in [2.75, 3.05) is 7.11 Å². The van der Waals surface area contributed by atoms with Crippen LogP contribution in [0.2, 0.25) is 0 Å². The van der Waals surface area contributed by atoms with Crippen LogP contribution in [-0.4, -0.2) is 15.5 Å². The third kappa shape index (κ3) is 3.00. The highest BCUT2D eigenvalue weighted by Crippen LogP contribution is 2.25. The van der Waals surface area contributed by atoms with Gasteiger partial charge in [-0.15, -0.1) is 0 Å². The molecule has 1 aliphatic carbocycles. The number of aryl methyl sites for hydroxylation is 2. The predicted molar refractivity (Wildman–Crippen MR) is 85.5 cm³/mol. The number of para-hydroxylation sites is 1. The van der Waals surface area contributed by atoms with E-state index in [0.717, 1.165) is 30.4 Å². The average Bonchev–Trinajstić information content (AvgIpc) is 3.01. The number of hydrogen-bond donors (Lipinski definition) is 1. The molecule has 116 valence electrons. The van der Waals surface area contributed by atoms with E-state index in [1.807, 2.05) is 30.3 Å². The summed E-state index contributed by atoms with van der Waals surface area (Å²) in [5, 5.41) is 0. The molecule has 0 saturated carbocycles. The van der Waals surface area contributed by atoms with E-state index in [1.165, 1.54) is 5.56 Å². The van der Waals surface area contributed by atoms with Crippen molar-refractivity contribution in [2.45, 2.75) is 30.7 Å². The van der Waals surface area contributed by atoms with E-state index in [1.54, 1.807) is 19.2 Å². The van der Waals surface area contributed by atoms with Gasteiger partial charge in [-0.05, 0) is 48.6 Å². The summed E-state index contributed by atoms with van der Waals surface area (Å²) in [4.78, 5) is 0.336. The highest BCUT2D eigenvalue weighted by atomic mass is 32.2. The van der Waals surface area contributed by atoms with Crippen molar-refractivity contribution in [3.63, 3.8) is 0 Å². The fourth-order valence-corrected chi connectivity index (χ4v) is 3.88. The lowest BCUT2D eigenvalue weighted by Crippen LogP contribution is -2.23. The molecule has 3 rings (SSSR count). The van der Waals surface area contributed by atoms with E-state index in [2.05, 4.69) is 4.72 Å². The number of benzene rings is 2. The maximum atomic E-state index is 12.5. The first-order valence-electron chi connectivity index (χ1n) is 7.33. The Kier molecular flexibility index (Phi) is 4.18. The second-order valence-electron chi connectivity index (χ2n) is 5.42. The Hall–Kier alpha value is -1.85. The Labute approximate surface area is 131 Å². The van der Waals surface area contributed by atoms with E-state index >= 15 is 0 Å². The molecule has 0 radical (unpaired) electrons. The van der Waals surface area contributed by atoms with Crippen molar-refractivity contribution in [1.82, 2.24) is 4.72 Å². The third-order valence-corrected chi connectivity index (χ3v) is 5.42. The first-order chi connectivity index (χ1) is 10.6. The SMILES string of the molecule is COc1ccccc1CNS(=O)(=O)c1ccc2c(c1)CCC2. The number of sulfonamides is 1. The molecule has 0 aromatic heterocycles. The Morgan fingerprint density at radius 3 is 2.68 bits per heavy atom. The van der Waals surface area contributed by atoms with Gasteiger partial charge < -0.3 is 4.74 Å². The highest BCUT2D eigenvalue weighted by molar-refractivity contribution is 7.89. The summed E-state index contributed by atoms with van der Waals surface area (Å²) in [5.74, 6) is 0.680. The molecule has 0 heterocycles. The lowest BCUT2D eigenvalue weighted by molar-refractivity contribution is 0.409. The molecule has 0 saturated heterocycles. The van der Waals surface area contributed by atoms with Crippen molar-refractivity contribution in [1.29, 1.82) is 0 Å². The molecule has 0 amide bonds. The van der Waals surface area contributed by atoms with Crippen LogP contribution in [0.5, 0.6) is 5.75 Å². The molecule has 4 nitrogen and oxygen atoms in total. The standard InChI is InChI=1S/C17H19NO3S/c1-21-17-8-3-2-5-15(17)12-18-22(19,20)16-10-9-13-6-4-7-14(13)11-16/h2-3,5,8-11,18H,4,6-7,12H2,1H3. The number of rotatable bonds is 5. The summed E-state index contributed by atoms with van der Waals surface area (Å²) in [6.07, 6.45) is 3.11. The number of ether oxygens (including phenoxy) is 1. The predicted octanol–water partition coefficient (Wildman–Crippen LogP) is 2.66. The zero-order chi connectivity index (χ0) is 15.6. The van der Waals surface area contributed by atoms with Gasteiger partial charge in [-0.3, -0.25) is 0 Å². The van der Waals surface area contributed by atoms with E-state index in [0.29, 0.717) is 10.6 Å². The van der Waals surface area contributed by atoms with E-state index < -0.39 is 10.0 Å². The fraction of sp³-hybridized carbons (Fsp3) is 0.294. The Morgan fingerprint density at radius 1 is 1.09 bits per heavy atom. The van der Waals surface area contributed by atoms with E-state index in [9.17, 15) is 8.42 Å². The monoisotopic (exact) mass is 317 g/mol. The maximum Gasteiger partial charge on any atom is 0.240 e. The van der Waals surface area contributed by atoms with Crippen LogP contribution in [0.25, 0.3) is 0 Å². The van der Waals surface area contributed by atoms with Gasteiger partial charge in [0.05, 0.1) is 12.0 Å². The molecule has 0 atom stereocenters. The van der Waals surface area contributed by atoms with Gasteiger partial charge in [0.2, 0.25) is 10.0 Å². The van der Waals surface area contributed by atoms with Crippen LogP contribution in [-0.2, 0) is 29.4 Å². The fourth-order valence-electron chi connectivity index (χ4n) is 2.82. The molecule has 1 aliphatic rings. The Morgan fingerprint density at radius 2 is 1.86 bits per heavy atom. The van der Waals surface area contributed by atoms with Crippen molar-refractivity contribution in [3.05, 3.63) is 59.2 Å². The molecular formula is C17H19NO3S.